The summed E-state index contributed by atoms with van der Waals surface area (Å²) in [5.41, 5.74) is 0.982. The van der Waals surface area contributed by atoms with Crippen molar-refractivity contribution in [2.75, 3.05) is 6.61 Å². The molecule has 1 N–H and O–H groups in total. The van der Waals surface area contributed by atoms with Gasteiger partial charge in [0.05, 0.1) is 12.3 Å². The highest BCUT2D eigenvalue weighted by molar-refractivity contribution is 5.00. The molecular formula is C14H24N2O2. The average Bonchev–Trinajstić information content (AvgIpc) is 2.94. The van der Waals surface area contributed by atoms with E-state index in [0.717, 1.165) is 12.3 Å². The van der Waals surface area contributed by atoms with E-state index in [1.54, 1.807) is 6.26 Å². The first kappa shape index (κ1) is 13.4. The second-order valence-electron chi connectivity index (χ2n) is 6.17. The van der Waals surface area contributed by atoms with Crippen molar-refractivity contribution in [2.45, 2.75) is 58.5 Å². The Hall–Kier alpha value is -1.03. The van der Waals surface area contributed by atoms with E-state index in [0.29, 0.717) is 18.5 Å². The summed E-state index contributed by atoms with van der Waals surface area (Å²) in [5, 5.41) is 3.37. The van der Waals surface area contributed by atoms with Crippen molar-refractivity contribution in [2.24, 2.45) is 5.92 Å². The van der Waals surface area contributed by atoms with Crippen LogP contribution in [-0.2, 0) is 6.54 Å². The Bertz CT molecular complexity index is 362. The Morgan fingerprint density at radius 3 is 2.78 bits per heavy atom. The summed E-state index contributed by atoms with van der Waals surface area (Å²) in [6.45, 7) is 7.84. The molecule has 18 heavy (non-hydrogen) atoms. The highest BCUT2D eigenvalue weighted by atomic mass is 16.6. The van der Waals surface area contributed by atoms with Crippen LogP contribution in [0.5, 0.6) is 6.08 Å². The molecule has 0 unspecified atom stereocenters. The van der Waals surface area contributed by atoms with Gasteiger partial charge in [0.15, 0.2) is 0 Å². The molecule has 0 aliphatic heterocycles. The predicted molar refractivity (Wildman–Crippen MR) is 70.5 cm³/mol. The minimum atomic E-state index is 0.0871. The smallest absolute Gasteiger partial charge is 0.393 e. The number of aromatic nitrogens is 1. The summed E-state index contributed by atoms with van der Waals surface area (Å²) in [5.74, 6) is 0.688. The van der Waals surface area contributed by atoms with E-state index < -0.39 is 0 Å². The summed E-state index contributed by atoms with van der Waals surface area (Å²) in [4.78, 5) is 4.32. The first-order chi connectivity index (χ1) is 8.53. The van der Waals surface area contributed by atoms with Crippen molar-refractivity contribution in [3.05, 3.63) is 12.0 Å². The Morgan fingerprint density at radius 1 is 1.39 bits per heavy atom. The van der Waals surface area contributed by atoms with Gasteiger partial charge in [-0.15, -0.1) is 0 Å². The van der Waals surface area contributed by atoms with Gasteiger partial charge in [-0.05, 0) is 39.5 Å². The minimum absolute atomic E-state index is 0.0871. The number of nitrogens with one attached hydrogen (secondary N) is 1. The standard InChI is InChI=1S/C14H24N2O2/c1-14(2,3)15-8-12-10-18-13(16-12)17-9-11-6-4-5-7-11/h10-11,15H,4-9H2,1-3H3. The maximum Gasteiger partial charge on any atom is 0.393 e. The number of hydrogen-bond donors (Lipinski definition) is 1. The van der Waals surface area contributed by atoms with Crippen LogP contribution >= 0.6 is 0 Å². The monoisotopic (exact) mass is 252 g/mol. The van der Waals surface area contributed by atoms with Crippen molar-refractivity contribution in [3.63, 3.8) is 0 Å². The summed E-state index contributed by atoms with van der Waals surface area (Å²) in [6.07, 6.45) is 7.30. The molecule has 0 saturated heterocycles. The molecule has 0 aromatic carbocycles. The summed E-state index contributed by atoms with van der Waals surface area (Å²) < 4.78 is 10.9. The van der Waals surface area contributed by atoms with Crippen LogP contribution in [0.15, 0.2) is 10.7 Å². The quantitative estimate of drug-likeness (QED) is 0.874. The van der Waals surface area contributed by atoms with Crippen LogP contribution in [0.3, 0.4) is 0 Å². The van der Waals surface area contributed by atoms with Gasteiger partial charge in [0.25, 0.3) is 0 Å². The molecule has 0 radical (unpaired) electrons. The van der Waals surface area contributed by atoms with E-state index in [1.165, 1.54) is 25.7 Å². The molecule has 1 aromatic rings. The van der Waals surface area contributed by atoms with Crippen molar-refractivity contribution in [3.8, 4) is 6.08 Å². The van der Waals surface area contributed by atoms with E-state index in [9.17, 15) is 0 Å². The maximum atomic E-state index is 5.60. The summed E-state index contributed by atoms with van der Waals surface area (Å²) in [6, 6.07) is 0. The fraction of sp³-hybridized carbons (Fsp3) is 0.786. The van der Waals surface area contributed by atoms with Gasteiger partial charge in [-0.25, -0.2) is 0 Å². The number of rotatable bonds is 5. The molecule has 1 saturated carbocycles. The summed E-state index contributed by atoms with van der Waals surface area (Å²) >= 11 is 0. The number of hydrogen-bond acceptors (Lipinski definition) is 4. The Labute approximate surface area is 109 Å². The molecule has 1 aromatic heterocycles. The maximum absolute atomic E-state index is 5.60. The van der Waals surface area contributed by atoms with Crippen molar-refractivity contribution in [1.82, 2.24) is 10.3 Å². The third-order valence-electron chi connectivity index (χ3n) is 3.25. The molecule has 2 rings (SSSR count). The Morgan fingerprint density at radius 2 is 2.11 bits per heavy atom. The molecule has 0 amide bonds. The number of oxazole rings is 1. The average molecular weight is 252 g/mol. The van der Waals surface area contributed by atoms with Crippen molar-refractivity contribution < 1.29 is 9.15 Å². The topological polar surface area (TPSA) is 47.3 Å². The third-order valence-corrected chi connectivity index (χ3v) is 3.25. The van der Waals surface area contributed by atoms with Gasteiger partial charge in [0.2, 0.25) is 0 Å². The van der Waals surface area contributed by atoms with Crippen LogP contribution in [0.1, 0.15) is 52.1 Å². The van der Waals surface area contributed by atoms with Gasteiger partial charge in [0, 0.05) is 12.1 Å². The molecule has 4 nitrogen and oxygen atoms in total. The van der Waals surface area contributed by atoms with Crippen molar-refractivity contribution >= 4 is 0 Å². The van der Waals surface area contributed by atoms with E-state index in [4.69, 9.17) is 9.15 Å². The van der Waals surface area contributed by atoms with Crippen LogP contribution in [-0.4, -0.2) is 17.1 Å². The highest BCUT2D eigenvalue weighted by Gasteiger charge is 2.17. The minimum Gasteiger partial charge on any atom is -0.450 e. The van der Waals surface area contributed by atoms with Gasteiger partial charge in [-0.2, -0.15) is 4.98 Å². The molecule has 102 valence electrons. The van der Waals surface area contributed by atoms with Gasteiger partial charge in [-0.3, -0.25) is 0 Å². The summed E-state index contributed by atoms with van der Waals surface area (Å²) in [7, 11) is 0. The largest absolute Gasteiger partial charge is 0.450 e. The van der Waals surface area contributed by atoms with Crippen LogP contribution in [0.25, 0.3) is 0 Å². The third kappa shape index (κ3) is 4.33. The van der Waals surface area contributed by atoms with Gasteiger partial charge >= 0.3 is 6.08 Å². The first-order valence-electron chi connectivity index (χ1n) is 6.85. The normalized spacial score (nSPS) is 17.3. The Kier molecular flexibility index (Phi) is 4.27. The van der Waals surface area contributed by atoms with Gasteiger partial charge in [0.1, 0.15) is 6.26 Å². The van der Waals surface area contributed by atoms with E-state index in [1.807, 2.05) is 0 Å². The molecule has 1 heterocycles. The zero-order valence-corrected chi connectivity index (χ0v) is 11.7. The van der Waals surface area contributed by atoms with Crippen LogP contribution in [0.4, 0.5) is 0 Å². The van der Waals surface area contributed by atoms with E-state index >= 15 is 0 Å². The number of ether oxygens (including phenoxy) is 1. The second kappa shape index (κ2) is 5.74. The van der Waals surface area contributed by atoms with E-state index in [-0.39, 0.29) is 5.54 Å². The Balaban J connectivity index is 1.75. The highest BCUT2D eigenvalue weighted by Crippen LogP contribution is 2.25. The molecule has 1 aliphatic rings. The SMILES string of the molecule is CC(C)(C)NCc1coc(OCC2CCCC2)n1. The molecule has 1 fully saturated rings. The number of nitrogens with zero attached hydrogens (tertiary/aromatic N) is 1. The van der Waals surface area contributed by atoms with Gasteiger partial charge < -0.3 is 14.5 Å². The fourth-order valence-electron chi connectivity index (χ4n) is 2.16. The fourth-order valence-corrected chi connectivity index (χ4v) is 2.16. The zero-order valence-electron chi connectivity index (χ0n) is 11.7. The first-order valence-corrected chi connectivity index (χ1v) is 6.85. The lowest BCUT2D eigenvalue weighted by atomic mass is 10.1. The zero-order chi connectivity index (χ0) is 13.0. The second-order valence-corrected chi connectivity index (χ2v) is 6.17. The lowest BCUT2D eigenvalue weighted by Gasteiger charge is -2.19. The lowest BCUT2D eigenvalue weighted by Crippen LogP contribution is -2.35. The molecule has 4 heteroatoms. The molecule has 0 atom stereocenters. The predicted octanol–water partition coefficient (Wildman–Crippen LogP) is 3.13. The van der Waals surface area contributed by atoms with Crippen LogP contribution < -0.4 is 10.1 Å². The van der Waals surface area contributed by atoms with Crippen LogP contribution in [0, 0.1) is 5.92 Å². The molecule has 0 bridgehead atoms. The molecular weight excluding hydrogens is 228 g/mol. The van der Waals surface area contributed by atoms with E-state index in [2.05, 4.69) is 31.1 Å². The lowest BCUT2D eigenvalue weighted by molar-refractivity contribution is 0.190. The molecule has 0 spiro atoms. The molecule has 1 aliphatic carbocycles. The van der Waals surface area contributed by atoms with Crippen LogP contribution in [0.2, 0.25) is 0 Å². The van der Waals surface area contributed by atoms with Gasteiger partial charge in [-0.1, -0.05) is 12.8 Å². The van der Waals surface area contributed by atoms with Crippen molar-refractivity contribution in [1.29, 1.82) is 0 Å².